The molecule has 1 aliphatic heterocycles. The van der Waals surface area contributed by atoms with Gasteiger partial charge in [0.1, 0.15) is 5.69 Å². The molecule has 2 aromatic carbocycles. The molecule has 1 heterocycles. The van der Waals surface area contributed by atoms with E-state index in [0.717, 1.165) is 42.4 Å². The van der Waals surface area contributed by atoms with Crippen molar-refractivity contribution < 1.29 is 4.92 Å². The first kappa shape index (κ1) is 11.0. The topological polar surface area (TPSA) is 46.4 Å². The van der Waals surface area contributed by atoms with Crippen molar-refractivity contribution in [1.82, 2.24) is 0 Å². The van der Waals surface area contributed by atoms with Crippen molar-refractivity contribution in [3.05, 3.63) is 46.5 Å². The van der Waals surface area contributed by atoms with Crippen LogP contribution in [-0.2, 0) is 0 Å². The summed E-state index contributed by atoms with van der Waals surface area (Å²) in [7, 11) is 0. The van der Waals surface area contributed by atoms with Crippen molar-refractivity contribution in [3.63, 3.8) is 0 Å². The summed E-state index contributed by atoms with van der Waals surface area (Å²) < 4.78 is 0. The first-order valence-corrected chi connectivity index (χ1v) is 6.18. The maximum Gasteiger partial charge on any atom is 0.300 e. The largest absolute Gasteiger partial charge is 0.366 e. The molecule has 2 aromatic rings. The average Bonchev–Trinajstić information content (AvgIpc) is 2.90. The zero-order valence-corrected chi connectivity index (χ0v) is 10.0. The summed E-state index contributed by atoms with van der Waals surface area (Å²) in [6.07, 6.45) is 2.23. The van der Waals surface area contributed by atoms with Crippen LogP contribution >= 0.6 is 0 Å². The number of hydrogen-bond acceptors (Lipinski definition) is 3. The van der Waals surface area contributed by atoms with Gasteiger partial charge in [-0.25, -0.2) is 0 Å². The van der Waals surface area contributed by atoms with Crippen LogP contribution in [-0.4, -0.2) is 18.0 Å². The molecule has 0 aliphatic carbocycles. The van der Waals surface area contributed by atoms with Crippen LogP contribution < -0.4 is 4.90 Å². The number of anilines is 1. The summed E-state index contributed by atoms with van der Waals surface area (Å²) in [6.45, 7) is 1.83. The Bertz CT molecular complexity index is 604. The van der Waals surface area contributed by atoms with Gasteiger partial charge in [-0.05, 0) is 30.4 Å². The Morgan fingerprint density at radius 1 is 1.06 bits per heavy atom. The van der Waals surface area contributed by atoms with Crippen LogP contribution in [0.5, 0.6) is 0 Å². The smallest absolute Gasteiger partial charge is 0.300 e. The molecule has 1 fully saturated rings. The summed E-state index contributed by atoms with van der Waals surface area (Å²) in [4.78, 5) is 13.2. The molecule has 0 bridgehead atoms. The van der Waals surface area contributed by atoms with Crippen molar-refractivity contribution >= 4 is 22.1 Å². The fourth-order valence-corrected chi connectivity index (χ4v) is 2.65. The summed E-state index contributed by atoms with van der Waals surface area (Å²) >= 11 is 0. The number of rotatable bonds is 2. The lowest BCUT2D eigenvalue weighted by molar-refractivity contribution is -0.382. The molecule has 4 heteroatoms. The summed E-state index contributed by atoms with van der Waals surface area (Å²) in [5, 5.41) is 13.0. The van der Waals surface area contributed by atoms with Crippen molar-refractivity contribution in [2.24, 2.45) is 0 Å². The van der Waals surface area contributed by atoms with Crippen molar-refractivity contribution in [1.29, 1.82) is 0 Å². The number of benzene rings is 2. The second-order valence-corrected chi connectivity index (χ2v) is 4.61. The molecule has 3 rings (SSSR count). The van der Waals surface area contributed by atoms with Gasteiger partial charge in [-0.1, -0.05) is 24.3 Å². The highest BCUT2D eigenvalue weighted by Gasteiger charge is 2.24. The molecule has 4 nitrogen and oxygen atoms in total. The third-order valence-corrected chi connectivity index (χ3v) is 3.51. The lowest BCUT2D eigenvalue weighted by Gasteiger charge is -2.18. The van der Waals surface area contributed by atoms with Gasteiger partial charge in [0.15, 0.2) is 0 Å². The van der Waals surface area contributed by atoms with Gasteiger partial charge in [-0.2, -0.15) is 0 Å². The van der Waals surface area contributed by atoms with Crippen molar-refractivity contribution in [3.8, 4) is 0 Å². The van der Waals surface area contributed by atoms with E-state index in [1.165, 1.54) is 0 Å². The first-order valence-electron chi connectivity index (χ1n) is 6.18. The quantitative estimate of drug-likeness (QED) is 0.599. The van der Waals surface area contributed by atoms with E-state index in [4.69, 9.17) is 0 Å². The molecule has 18 heavy (non-hydrogen) atoms. The third-order valence-electron chi connectivity index (χ3n) is 3.51. The fourth-order valence-electron chi connectivity index (χ4n) is 2.65. The zero-order chi connectivity index (χ0) is 12.5. The molecule has 0 unspecified atom stereocenters. The predicted octanol–water partition coefficient (Wildman–Crippen LogP) is 3.35. The van der Waals surface area contributed by atoms with Crippen molar-refractivity contribution in [2.45, 2.75) is 12.8 Å². The van der Waals surface area contributed by atoms with Crippen LogP contribution in [0.1, 0.15) is 12.8 Å². The van der Waals surface area contributed by atoms with E-state index >= 15 is 0 Å². The third kappa shape index (κ3) is 1.70. The minimum Gasteiger partial charge on any atom is -0.366 e. The van der Waals surface area contributed by atoms with E-state index in [1.54, 1.807) is 0 Å². The summed E-state index contributed by atoms with van der Waals surface area (Å²) in [5.41, 5.74) is 1.01. The minimum atomic E-state index is -0.254. The van der Waals surface area contributed by atoms with Crippen LogP contribution in [0.4, 0.5) is 11.4 Å². The molecular weight excluding hydrogens is 228 g/mol. The molecule has 1 saturated heterocycles. The van der Waals surface area contributed by atoms with E-state index in [9.17, 15) is 10.1 Å². The zero-order valence-electron chi connectivity index (χ0n) is 10.0. The molecule has 1 aliphatic rings. The second-order valence-electron chi connectivity index (χ2n) is 4.61. The maximum atomic E-state index is 11.4. The standard InChI is InChI=1S/C14H14N2O2/c17-16(18)14-12-6-2-1-5-11(12)7-8-13(14)15-9-3-4-10-15/h1-2,5-8H,3-4,9-10H2. The number of hydrogen-bond donors (Lipinski definition) is 0. The Balaban J connectivity index is 2.24. The van der Waals surface area contributed by atoms with E-state index in [0.29, 0.717) is 0 Å². The molecule has 0 radical (unpaired) electrons. The van der Waals surface area contributed by atoms with E-state index in [2.05, 4.69) is 4.90 Å². The Morgan fingerprint density at radius 2 is 1.78 bits per heavy atom. The van der Waals surface area contributed by atoms with E-state index < -0.39 is 0 Å². The van der Waals surface area contributed by atoms with Gasteiger partial charge >= 0.3 is 0 Å². The van der Waals surface area contributed by atoms with Gasteiger partial charge in [0, 0.05) is 13.1 Å². The van der Waals surface area contributed by atoms with Crippen LogP contribution in [0.3, 0.4) is 0 Å². The van der Waals surface area contributed by atoms with Gasteiger partial charge < -0.3 is 4.90 Å². The van der Waals surface area contributed by atoms with Gasteiger partial charge in [0.25, 0.3) is 5.69 Å². The SMILES string of the molecule is O=[N+]([O-])c1c(N2CCCC2)ccc2ccccc12. The maximum absolute atomic E-state index is 11.4. The Labute approximate surface area is 105 Å². The summed E-state index contributed by atoms with van der Waals surface area (Å²) in [5.74, 6) is 0. The molecule has 0 amide bonds. The summed E-state index contributed by atoms with van der Waals surface area (Å²) in [6, 6.07) is 11.3. The Kier molecular flexibility index (Phi) is 2.63. The van der Waals surface area contributed by atoms with Gasteiger partial charge in [-0.15, -0.1) is 0 Å². The number of nitrogens with zero attached hydrogens (tertiary/aromatic N) is 2. The molecule has 92 valence electrons. The van der Waals surface area contributed by atoms with Gasteiger partial charge in [-0.3, -0.25) is 10.1 Å². The van der Waals surface area contributed by atoms with Crippen LogP contribution in [0.2, 0.25) is 0 Å². The average molecular weight is 242 g/mol. The highest BCUT2D eigenvalue weighted by molar-refractivity contribution is 5.96. The monoisotopic (exact) mass is 242 g/mol. The predicted molar refractivity (Wildman–Crippen MR) is 72.0 cm³/mol. The van der Waals surface area contributed by atoms with Crippen LogP contribution in [0.15, 0.2) is 36.4 Å². The number of fused-ring (bicyclic) bond motifs is 1. The van der Waals surface area contributed by atoms with E-state index in [1.807, 2.05) is 36.4 Å². The normalized spacial score (nSPS) is 15.2. The number of nitro benzene ring substituents is 1. The van der Waals surface area contributed by atoms with Crippen LogP contribution in [0.25, 0.3) is 10.8 Å². The molecular formula is C14H14N2O2. The van der Waals surface area contributed by atoms with E-state index in [-0.39, 0.29) is 10.6 Å². The molecule has 0 aromatic heterocycles. The fraction of sp³-hybridized carbons (Fsp3) is 0.286. The Hall–Kier alpha value is -2.10. The van der Waals surface area contributed by atoms with Crippen molar-refractivity contribution in [2.75, 3.05) is 18.0 Å². The molecule has 0 saturated carbocycles. The number of nitro groups is 1. The van der Waals surface area contributed by atoms with Gasteiger partial charge in [0.05, 0.1) is 10.3 Å². The lowest BCUT2D eigenvalue weighted by Crippen LogP contribution is -2.18. The van der Waals surface area contributed by atoms with Crippen LogP contribution in [0, 0.1) is 10.1 Å². The second kappa shape index (κ2) is 4.29. The molecule has 0 spiro atoms. The highest BCUT2D eigenvalue weighted by atomic mass is 16.6. The first-order chi connectivity index (χ1) is 8.77. The van der Waals surface area contributed by atoms with Gasteiger partial charge in [0.2, 0.25) is 0 Å². The highest BCUT2D eigenvalue weighted by Crippen LogP contribution is 2.37. The Morgan fingerprint density at radius 3 is 2.50 bits per heavy atom. The molecule has 0 atom stereocenters. The lowest BCUT2D eigenvalue weighted by atomic mass is 10.1. The molecule has 0 N–H and O–H groups in total. The minimum absolute atomic E-state index is 0.245.